The van der Waals surface area contributed by atoms with Gasteiger partial charge in [0, 0.05) is 26.2 Å². The first-order valence-electron chi connectivity index (χ1n) is 5.27. The van der Waals surface area contributed by atoms with Crippen LogP contribution in [-0.2, 0) is 11.3 Å². The van der Waals surface area contributed by atoms with Gasteiger partial charge in [-0.3, -0.25) is 4.79 Å². The first-order chi connectivity index (χ1) is 7.50. The summed E-state index contributed by atoms with van der Waals surface area (Å²) in [6.07, 6.45) is 1.69. The summed E-state index contributed by atoms with van der Waals surface area (Å²) < 4.78 is 0. The molecule has 1 amide bonds. The average Bonchev–Trinajstić information content (AvgIpc) is 2.26. The lowest BCUT2D eigenvalue weighted by atomic mass is 10.2. The highest BCUT2D eigenvalue weighted by Crippen LogP contribution is 2.05. The van der Waals surface area contributed by atoms with E-state index in [1.165, 1.54) is 0 Å². The lowest BCUT2D eigenvalue weighted by Crippen LogP contribution is -2.28. The van der Waals surface area contributed by atoms with Gasteiger partial charge in [-0.05, 0) is 6.07 Å². The Morgan fingerprint density at radius 3 is 2.75 bits per heavy atom. The predicted octanol–water partition coefficient (Wildman–Crippen LogP) is 0.815. The van der Waals surface area contributed by atoms with Crippen molar-refractivity contribution in [3.8, 4) is 0 Å². The monoisotopic (exact) mass is 222 g/mol. The number of nitrogens with zero attached hydrogens (tertiary/aromatic N) is 3. The predicted molar refractivity (Wildman–Crippen MR) is 63.0 cm³/mol. The summed E-state index contributed by atoms with van der Waals surface area (Å²) in [5.74, 6) is 1.46. The molecule has 5 nitrogen and oxygen atoms in total. The fourth-order valence-corrected chi connectivity index (χ4v) is 1.09. The molecule has 88 valence electrons. The summed E-state index contributed by atoms with van der Waals surface area (Å²) in [6.45, 7) is 4.08. The molecule has 0 spiro atoms. The molecule has 0 saturated heterocycles. The van der Waals surface area contributed by atoms with E-state index in [-0.39, 0.29) is 11.8 Å². The molecule has 0 unspecified atom stereocenters. The van der Waals surface area contributed by atoms with E-state index in [9.17, 15) is 4.79 Å². The van der Waals surface area contributed by atoms with Gasteiger partial charge < -0.3 is 10.2 Å². The quantitative estimate of drug-likeness (QED) is 0.819. The number of aromatic nitrogens is 2. The van der Waals surface area contributed by atoms with E-state index < -0.39 is 0 Å². The van der Waals surface area contributed by atoms with Crippen molar-refractivity contribution in [3.05, 3.63) is 18.1 Å². The third-order valence-electron chi connectivity index (χ3n) is 2.09. The van der Waals surface area contributed by atoms with Gasteiger partial charge in [-0.2, -0.15) is 0 Å². The van der Waals surface area contributed by atoms with Crippen molar-refractivity contribution in [1.29, 1.82) is 0 Å². The fourth-order valence-electron chi connectivity index (χ4n) is 1.09. The van der Waals surface area contributed by atoms with Crippen LogP contribution in [0.5, 0.6) is 0 Å². The molecule has 16 heavy (non-hydrogen) atoms. The Morgan fingerprint density at radius 2 is 2.19 bits per heavy atom. The van der Waals surface area contributed by atoms with Gasteiger partial charge in [-0.15, -0.1) is 0 Å². The molecular formula is C11H18N4O. The largest absolute Gasteiger partial charge is 0.363 e. The van der Waals surface area contributed by atoms with Gasteiger partial charge in [-0.1, -0.05) is 13.8 Å². The van der Waals surface area contributed by atoms with E-state index in [1.54, 1.807) is 6.20 Å². The lowest BCUT2D eigenvalue weighted by molar-refractivity contribution is -0.124. The van der Waals surface area contributed by atoms with Gasteiger partial charge >= 0.3 is 0 Å². The summed E-state index contributed by atoms with van der Waals surface area (Å²) >= 11 is 0. The second kappa shape index (κ2) is 5.44. The lowest BCUT2D eigenvalue weighted by Gasteiger charge is -2.12. The average molecular weight is 222 g/mol. The highest BCUT2D eigenvalue weighted by Gasteiger charge is 2.07. The van der Waals surface area contributed by atoms with Crippen molar-refractivity contribution < 1.29 is 4.79 Å². The van der Waals surface area contributed by atoms with Crippen LogP contribution in [0.3, 0.4) is 0 Å². The molecular weight excluding hydrogens is 204 g/mol. The number of amides is 1. The van der Waals surface area contributed by atoms with E-state index in [2.05, 4.69) is 15.3 Å². The molecule has 0 aromatic carbocycles. The van der Waals surface area contributed by atoms with Crippen molar-refractivity contribution >= 4 is 11.7 Å². The van der Waals surface area contributed by atoms with Gasteiger partial charge in [0.25, 0.3) is 0 Å². The Morgan fingerprint density at radius 1 is 1.50 bits per heavy atom. The Labute approximate surface area is 95.9 Å². The Bertz CT molecular complexity index is 363. The number of hydrogen-bond acceptors (Lipinski definition) is 4. The second-order valence-electron chi connectivity index (χ2n) is 4.10. The van der Waals surface area contributed by atoms with Crippen molar-refractivity contribution in [1.82, 2.24) is 15.3 Å². The first-order valence-corrected chi connectivity index (χ1v) is 5.27. The van der Waals surface area contributed by atoms with Crippen LogP contribution in [0.25, 0.3) is 0 Å². The van der Waals surface area contributed by atoms with Crippen LogP contribution in [0.2, 0.25) is 0 Å². The van der Waals surface area contributed by atoms with Gasteiger partial charge in [0.15, 0.2) is 0 Å². The third kappa shape index (κ3) is 3.49. The summed E-state index contributed by atoms with van der Waals surface area (Å²) in [5.41, 5.74) is 0. The van der Waals surface area contributed by atoms with Crippen LogP contribution >= 0.6 is 0 Å². The van der Waals surface area contributed by atoms with Crippen LogP contribution in [0.1, 0.15) is 19.7 Å². The third-order valence-corrected chi connectivity index (χ3v) is 2.09. The fraction of sp³-hybridized carbons (Fsp3) is 0.545. The molecule has 1 heterocycles. The molecule has 0 aliphatic carbocycles. The van der Waals surface area contributed by atoms with E-state index in [0.717, 1.165) is 5.82 Å². The standard InChI is InChI=1S/C11H18N4O/c1-8(2)11(16)13-7-9-12-6-5-10(14-9)15(3)4/h5-6,8H,7H2,1-4H3,(H,13,16). The zero-order valence-electron chi connectivity index (χ0n) is 10.2. The molecule has 1 N–H and O–H groups in total. The van der Waals surface area contributed by atoms with E-state index in [4.69, 9.17) is 0 Å². The summed E-state index contributed by atoms with van der Waals surface area (Å²) in [6, 6.07) is 1.83. The van der Waals surface area contributed by atoms with Crippen molar-refractivity contribution in [2.45, 2.75) is 20.4 Å². The first kappa shape index (κ1) is 12.4. The SMILES string of the molecule is CC(C)C(=O)NCc1nccc(N(C)C)n1. The van der Waals surface area contributed by atoms with E-state index in [1.807, 2.05) is 38.9 Å². The molecule has 0 fully saturated rings. The van der Waals surface area contributed by atoms with Gasteiger partial charge in [-0.25, -0.2) is 9.97 Å². The zero-order chi connectivity index (χ0) is 12.1. The number of carbonyl (C=O) groups is 1. The molecule has 0 aliphatic rings. The van der Waals surface area contributed by atoms with Gasteiger partial charge in [0.1, 0.15) is 11.6 Å². The van der Waals surface area contributed by atoms with Crippen LogP contribution in [0.15, 0.2) is 12.3 Å². The minimum absolute atomic E-state index is 0.0128. The molecule has 0 aliphatic heterocycles. The molecule has 0 bridgehead atoms. The number of hydrogen-bond donors (Lipinski definition) is 1. The number of rotatable bonds is 4. The molecule has 1 rings (SSSR count). The highest BCUT2D eigenvalue weighted by atomic mass is 16.1. The normalized spacial score (nSPS) is 10.3. The van der Waals surface area contributed by atoms with Crippen LogP contribution in [0, 0.1) is 5.92 Å². The van der Waals surface area contributed by atoms with Crippen molar-refractivity contribution in [2.75, 3.05) is 19.0 Å². The van der Waals surface area contributed by atoms with Gasteiger partial charge in [0.2, 0.25) is 5.91 Å². The molecule has 1 aromatic rings. The summed E-state index contributed by atoms with van der Waals surface area (Å²) in [5, 5.41) is 2.78. The van der Waals surface area contributed by atoms with E-state index in [0.29, 0.717) is 12.4 Å². The van der Waals surface area contributed by atoms with Crippen LogP contribution in [0.4, 0.5) is 5.82 Å². The Hall–Kier alpha value is -1.65. The topological polar surface area (TPSA) is 58.1 Å². The number of nitrogens with one attached hydrogen (secondary N) is 1. The summed E-state index contributed by atoms with van der Waals surface area (Å²) in [4.78, 5) is 21.7. The van der Waals surface area contributed by atoms with Crippen molar-refractivity contribution in [2.24, 2.45) is 5.92 Å². The van der Waals surface area contributed by atoms with Gasteiger partial charge in [0.05, 0.1) is 6.54 Å². The zero-order valence-corrected chi connectivity index (χ0v) is 10.2. The maximum Gasteiger partial charge on any atom is 0.222 e. The Kier molecular flexibility index (Phi) is 4.22. The summed E-state index contributed by atoms with van der Waals surface area (Å²) in [7, 11) is 3.83. The maximum atomic E-state index is 11.4. The minimum atomic E-state index is -0.0166. The minimum Gasteiger partial charge on any atom is -0.363 e. The Balaban J connectivity index is 2.61. The number of carbonyl (C=O) groups excluding carboxylic acids is 1. The molecule has 0 atom stereocenters. The number of anilines is 1. The molecule has 5 heteroatoms. The smallest absolute Gasteiger partial charge is 0.222 e. The van der Waals surface area contributed by atoms with Crippen molar-refractivity contribution in [3.63, 3.8) is 0 Å². The highest BCUT2D eigenvalue weighted by molar-refractivity contribution is 5.77. The van der Waals surface area contributed by atoms with E-state index >= 15 is 0 Å². The molecule has 1 aromatic heterocycles. The maximum absolute atomic E-state index is 11.4. The second-order valence-corrected chi connectivity index (χ2v) is 4.10. The van der Waals surface area contributed by atoms with Crippen LogP contribution < -0.4 is 10.2 Å². The molecule has 0 saturated carbocycles. The molecule has 0 radical (unpaired) electrons. The van der Waals surface area contributed by atoms with Crippen LogP contribution in [-0.4, -0.2) is 30.0 Å².